The molecule has 0 bridgehead atoms. The minimum absolute atomic E-state index is 1.21. The summed E-state index contributed by atoms with van der Waals surface area (Å²) >= 11 is 0. The molecular weight excluding hydrogens is 268 g/mol. The summed E-state index contributed by atoms with van der Waals surface area (Å²) in [6.07, 6.45) is 7.42. The number of aryl methyl sites for hydroxylation is 2. The molecule has 2 nitrogen and oxygen atoms in total. The van der Waals surface area contributed by atoms with Crippen LogP contribution >= 0.6 is 0 Å². The van der Waals surface area contributed by atoms with Gasteiger partial charge in [0.1, 0.15) is 0 Å². The molecule has 0 aliphatic carbocycles. The van der Waals surface area contributed by atoms with E-state index in [4.69, 9.17) is 0 Å². The summed E-state index contributed by atoms with van der Waals surface area (Å²) < 4.78 is 0. The van der Waals surface area contributed by atoms with E-state index in [1.165, 1.54) is 32.7 Å². The third kappa shape index (κ3) is 3.12. The Morgan fingerprint density at radius 3 is 2.27 bits per heavy atom. The fourth-order valence-electron chi connectivity index (χ4n) is 2.49. The van der Waals surface area contributed by atoms with Gasteiger partial charge in [-0.05, 0) is 42.3 Å². The van der Waals surface area contributed by atoms with Crippen LogP contribution in [0, 0.1) is 13.8 Å². The molecule has 0 atom stereocenters. The van der Waals surface area contributed by atoms with Gasteiger partial charge in [-0.2, -0.15) is 0 Å². The van der Waals surface area contributed by atoms with Crippen LogP contribution in [0.5, 0.6) is 0 Å². The third-order valence-corrected chi connectivity index (χ3v) is 3.69. The number of aromatic nitrogens is 2. The summed E-state index contributed by atoms with van der Waals surface area (Å²) in [5.74, 6) is 0. The Labute approximate surface area is 130 Å². The number of hydrogen-bond acceptors (Lipinski definition) is 2. The van der Waals surface area contributed by atoms with Crippen LogP contribution < -0.4 is 0 Å². The van der Waals surface area contributed by atoms with Gasteiger partial charge in [-0.1, -0.05) is 42.0 Å². The predicted octanol–water partition coefficient (Wildman–Crippen LogP) is 5.09. The molecule has 2 heterocycles. The zero-order chi connectivity index (χ0) is 15.4. The fraction of sp³-hybridized carbons (Fsp3) is 0.100. The molecule has 0 N–H and O–H groups in total. The maximum atomic E-state index is 4.05. The quantitative estimate of drug-likeness (QED) is 0.450. The van der Waals surface area contributed by atoms with Crippen LogP contribution in [0.15, 0.2) is 73.3 Å². The Balaban J connectivity index is 0.000000131. The van der Waals surface area contributed by atoms with Gasteiger partial charge in [-0.25, -0.2) is 0 Å². The first-order valence-corrected chi connectivity index (χ1v) is 7.34. The summed E-state index contributed by atoms with van der Waals surface area (Å²) in [6, 6.07) is 16.7. The normalized spacial score (nSPS) is 10.3. The van der Waals surface area contributed by atoms with Gasteiger partial charge in [0.05, 0.1) is 0 Å². The molecule has 0 spiro atoms. The van der Waals surface area contributed by atoms with Gasteiger partial charge < -0.3 is 0 Å². The molecule has 2 aromatic carbocycles. The molecule has 22 heavy (non-hydrogen) atoms. The Bertz CT molecular complexity index is 902. The topological polar surface area (TPSA) is 25.8 Å². The van der Waals surface area contributed by atoms with Crippen molar-refractivity contribution in [3.05, 3.63) is 84.4 Å². The van der Waals surface area contributed by atoms with Crippen LogP contribution in [0.3, 0.4) is 0 Å². The number of fused-ring (bicyclic) bond motifs is 2. The lowest BCUT2D eigenvalue weighted by molar-refractivity contribution is 1.36. The van der Waals surface area contributed by atoms with Crippen LogP contribution in [0.2, 0.25) is 0 Å². The highest BCUT2D eigenvalue weighted by molar-refractivity contribution is 5.84. The smallest absolute Gasteiger partial charge is 0.0346 e. The van der Waals surface area contributed by atoms with Crippen molar-refractivity contribution in [1.82, 2.24) is 9.97 Å². The van der Waals surface area contributed by atoms with Crippen LogP contribution in [-0.4, -0.2) is 9.97 Å². The molecule has 2 aromatic heterocycles. The van der Waals surface area contributed by atoms with Crippen molar-refractivity contribution < 1.29 is 0 Å². The van der Waals surface area contributed by atoms with E-state index in [2.05, 4.69) is 60.2 Å². The van der Waals surface area contributed by atoms with Gasteiger partial charge in [-0.3, -0.25) is 9.97 Å². The van der Waals surface area contributed by atoms with Crippen LogP contribution in [-0.2, 0) is 0 Å². The molecule has 108 valence electrons. The highest BCUT2D eigenvalue weighted by atomic mass is 14.6. The van der Waals surface area contributed by atoms with Gasteiger partial charge >= 0.3 is 0 Å². The van der Waals surface area contributed by atoms with E-state index < -0.39 is 0 Å². The molecule has 4 rings (SSSR count). The van der Waals surface area contributed by atoms with E-state index in [9.17, 15) is 0 Å². The Kier molecular flexibility index (Phi) is 4.10. The lowest BCUT2D eigenvalue weighted by Crippen LogP contribution is -1.77. The molecule has 0 fully saturated rings. The standard InChI is InChI=1S/2C10H9N/c1-8-2-3-10-7-11-5-4-9(10)6-8;1-8-3-2-4-9-7-11-6-5-10(8)9/h2*2-7H,1H3. The summed E-state index contributed by atoms with van der Waals surface area (Å²) in [6.45, 7) is 4.21. The van der Waals surface area contributed by atoms with E-state index in [1.54, 1.807) is 0 Å². The lowest BCUT2D eigenvalue weighted by Gasteiger charge is -1.98. The number of nitrogens with zero attached hydrogens (tertiary/aromatic N) is 2. The van der Waals surface area contributed by atoms with Crippen LogP contribution in [0.4, 0.5) is 0 Å². The molecule has 4 aromatic rings. The first kappa shape index (κ1) is 14.2. The van der Waals surface area contributed by atoms with E-state index in [-0.39, 0.29) is 0 Å². The zero-order valence-corrected chi connectivity index (χ0v) is 12.8. The molecular formula is C20H18N2. The van der Waals surface area contributed by atoms with Crippen molar-refractivity contribution in [3.8, 4) is 0 Å². The Morgan fingerprint density at radius 2 is 1.45 bits per heavy atom. The van der Waals surface area contributed by atoms with Crippen molar-refractivity contribution in [2.45, 2.75) is 13.8 Å². The molecule has 0 unspecified atom stereocenters. The first-order valence-electron chi connectivity index (χ1n) is 7.34. The monoisotopic (exact) mass is 286 g/mol. The van der Waals surface area contributed by atoms with Gasteiger partial charge in [0.25, 0.3) is 0 Å². The van der Waals surface area contributed by atoms with E-state index in [1.807, 2.05) is 36.9 Å². The van der Waals surface area contributed by atoms with Crippen molar-refractivity contribution in [1.29, 1.82) is 0 Å². The second kappa shape index (κ2) is 6.35. The molecule has 0 aliphatic rings. The molecule has 0 saturated carbocycles. The van der Waals surface area contributed by atoms with E-state index in [0.717, 1.165) is 0 Å². The zero-order valence-electron chi connectivity index (χ0n) is 12.8. The fourth-order valence-corrected chi connectivity index (χ4v) is 2.49. The summed E-state index contributed by atoms with van der Waals surface area (Å²) in [5.41, 5.74) is 2.61. The molecule has 2 heteroatoms. The third-order valence-electron chi connectivity index (χ3n) is 3.69. The summed E-state index contributed by atoms with van der Waals surface area (Å²) in [7, 11) is 0. The molecule has 0 radical (unpaired) electrons. The highest BCUT2D eigenvalue weighted by Crippen LogP contribution is 2.15. The van der Waals surface area contributed by atoms with Crippen LogP contribution in [0.25, 0.3) is 21.5 Å². The van der Waals surface area contributed by atoms with Crippen LogP contribution in [0.1, 0.15) is 11.1 Å². The minimum Gasteiger partial charge on any atom is -0.264 e. The minimum atomic E-state index is 1.21. The maximum absolute atomic E-state index is 4.05. The van der Waals surface area contributed by atoms with Crippen molar-refractivity contribution in [2.75, 3.05) is 0 Å². The lowest BCUT2D eigenvalue weighted by atomic mass is 10.1. The average Bonchev–Trinajstić information content (AvgIpc) is 2.56. The predicted molar refractivity (Wildman–Crippen MR) is 93.0 cm³/mol. The second-order valence-electron chi connectivity index (χ2n) is 5.40. The van der Waals surface area contributed by atoms with Crippen molar-refractivity contribution >= 4 is 21.5 Å². The van der Waals surface area contributed by atoms with Crippen molar-refractivity contribution in [2.24, 2.45) is 0 Å². The second-order valence-corrected chi connectivity index (χ2v) is 5.40. The highest BCUT2D eigenvalue weighted by Gasteiger charge is 1.93. The number of hydrogen-bond donors (Lipinski definition) is 0. The van der Waals surface area contributed by atoms with E-state index in [0.29, 0.717) is 0 Å². The van der Waals surface area contributed by atoms with Crippen molar-refractivity contribution in [3.63, 3.8) is 0 Å². The Morgan fingerprint density at radius 1 is 0.682 bits per heavy atom. The summed E-state index contributed by atoms with van der Waals surface area (Å²) in [5, 5.41) is 4.98. The molecule has 0 saturated heterocycles. The summed E-state index contributed by atoms with van der Waals surface area (Å²) in [4.78, 5) is 8.10. The number of benzene rings is 2. The number of rotatable bonds is 0. The van der Waals surface area contributed by atoms with Gasteiger partial charge in [0.15, 0.2) is 0 Å². The first-order chi connectivity index (χ1) is 10.7. The largest absolute Gasteiger partial charge is 0.264 e. The van der Waals surface area contributed by atoms with Gasteiger partial charge in [-0.15, -0.1) is 0 Å². The maximum Gasteiger partial charge on any atom is 0.0346 e. The average molecular weight is 286 g/mol. The van der Waals surface area contributed by atoms with Gasteiger partial charge in [0, 0.05) is 35.6 Å². The molecule has 0 amide bonds. The Hall–Kier alpha value is -2.74. The van der Waals surface area contributed by atoms with E-state index >= 15 is 0 Å². The van der Waals surface area contributed by atoms with Gasteiger partial charge in [0.2, 0.25) is 0 Å². The number of pyridine rings is 2. The molecule has 0 aliphatic heterocycles. The SMILES string of the molecule is Cc1ccc2cnccc2c1.Cc1cccc2cnccc12.